The molecular weight excluding hydrogens is 540 g/mol. The van der Waals surface area contributed by atoms with Gasteiger partial charge in [0.1, 0.15) is 18.1 Å². The largest absolute Gasteiger partial charge is 0.480 e. The number of para-hydroxylation sites is 1. The number of benzene rings is 2. The molecular formula is C30H36N6O6. The lowest BCUT2D eigenvalue weighted by Crippen LogP contribution is -2.58. The number of rotatable bonds is 14. The second kappa shape index (κ2) is 14.3. The van der Waals surface area contributed by atoms with Crippen molar-refractivity contribution in [1.82, 2.24) is 26.3 Å². The van der Waals surface area contributed by atoms with Crippen molar-refractivity contribution < 1.29 is 29.1 Å². The molecule has 12 nitrogen and oxygen atoms in total. The van der Waals surface area contributed by atoms with Crippen LogP contribution in [0.5, 0.6) is 0 Å². The Morgan fingerprint density at radius 2 is 1.55 bits per heavy atom. The lowest BCUT2D eigenvalue weighted by Gasteiger charge is -2.25. The van der Waals surface area contributed by atoms with E-state index in [9.17, 15) is 29.1 Å². The Hall–Kier alpha value is -4.71. The van der Waals surface area contributed by atoms with Crippen molar-refractivity contribution in [2.24, 2.45) is 5.73 Å². The Balaban J connectivity index is 1.58. The van der Waals surface area contributed by atoms with Crippen LogP contribution in [-0.4, -0.2) is 70.4 Å². The first kappa shape index (κ1) is 30.3. The van der Waals surface area contributed by atoms with E-state index in [1.165, 1.54) is 0 Å². The molecule has 1 aromatic heterocycles. The van der Waals surface area contributed by atoms with Crippen molar-refractivity contribution in [3.05, 3.63) is 71.9 Å². The Bertz CT molecular complexity index is 1420. The topological polar surface area (TPSA) is 196 Å². The second-order valence-electron chi connectivity index (χ2n) is 10.4. The van der Waals surface area contributed by atoms with Crippen molar-refractivity contribution in [1.29, 1.82) is 0 Å². The maximum Gasteiger partial charge on any atom is 0.326 e. The third kappa shape index (κ3) is 8.16. The molecule has 1 aliphatic heterocycles. The van der Waals surface area contributed by atoms with E-state index in [1.807, 2.05) is 54.6 Å². The van der Waals surface area contributed by atoms with Gasteiger partial charge in [0.25, 0.3) is 0 Å². The number of carboxylic acids is 1. The van der Waals surface area contributed by atoms with E-state index in [0.29, 0.717) is 13.0 Å². The number of primary amides is 1. The van der Waals surface area contributed by atoms with Crippen molar-refractivity contribution in [3.63, 3.8) is 0 Å². The monoisotopic (exact) mass is 576 g/mol. The van der Waals surface area contributed by atoms with Crippen LogP contribution in [0.1, 0.15) is 36.8 Å². The highest BCUT2D eigenvalue weighted by atomic mass is 16.4. The number of hydrogen-bond acceptors (Lipinski definition) is 6. The summed E-state index contributed by atoms with van der Waals surface area (Å²) in [4.78, 5) is 66.4. The number of nitrogens with two attached hydrogens (primary N) is 1. The Morgan fingerprint density at radius 1 is 0.881 bits per heavy atom. The first-order chi connectivity index (χ1) is 20.2. The molecule has 4 atom stereocenters. The summed E-state index contributed by atoms with van der Waals surface area (Å²) in [5.74, 6) is -3.67. The highest BCUT2D eigenvalue weighted by Gasteiger charge is 2.32. The molecule has 0 aliphatic carbocycles. The number of amides is 4. The number of aliphatic carboxylic acids is 1. The zero-order valence-corrected chi connectivity index (χ0v) is 23.1. The van der Waals surface area contributed by atoms with Crippen LogP contribution in [0.15, 0.2) is 60.8 Å². The predicted molar refractivity (Wildman–Crippen MR) is 155 cm³/mol. The van der Waals surface area contributed by atoms with Gasteiger partial charge in [-0.05, 0) is 43.0 Å². The molecule has 1 fully saturated rings. The minimum atomic E-state index is -1.39. The molecule has 4 amide bonds. The number of fused-ring (bicyclic) bond motifs is 1. The van der Waals surface area contributed by atoms with E-state index >= 15 is 0 Å². The van der Waals surface area contributed by atoms with E-state index in [4.69, 9.17) is 5.73 Å². The van der Waals surface area contributed by atoms with Crippen molar-refractivity contribution in [2.75, 3.05) is 6.54 Å². The molecule has 12 heteroatoms. The molecule has 0 radical (unpaired) electrons. The first-order valence-corrected chi connectivity index (χ1v) is 14.0. The fraction of sp³-hybridized carbons (Fsp3) is 0.367. The molecule has 42 heavy (non-hydrogen) atoms. The number of carboxylic acid groups (broad SMARTS) is 1. The van der Waals surface area contributed by atoms with Crippen LogP contribution in [0, 0.1) is 0 Å². The van der Waals surface area contributed by atoms with Gasteiger partial charge in [0.15, 0.2) is 0 Å². The Labute approximate surface area is 242 Å². The van der Waals surface area contributed by atoms with Gasteiger partial charge in [-0.1, -0.05) is 48.5 Å². The first-order valence-electron chi connectivity index (χ1n) is 14.0. The number of aromatic nitrogens is 1. The minimum Gasteiger partial charge on any atom is -0.480 e. The van der Waals surface area contributed by atoms with Crippen molar-refractivity contribution in [2.45, 2.75) is 62.7 Å². The van der Waals surface area contributed by atoms with Gasteiger partial charge in [0.05, 0.1) is 6.04 Å². The Morgan fingerprint density at radius 3 is 2.21 bits per heavy atom. The van der Waals surface area contributed by atoms with Crippen LogP contribution in [0.25, 0.3) is 10.9 Å². The summed E-state index contributed by atoms with van der Waals surface area (Å²) >= 11 is 0. The quantitative estimate of drug-likeness (QED) is 0.145. The molecule has 3 aromatic rings. The van der Waals surface area contributed by atoms with Crippen LogP contribution < -0.4 is 27.0 Å². The fourth-order valence-electron chi connectivity index (χ4n) is 5.06. The molecule has 2 aromatic carbocycles. The summed E-state index contributed by atoms with van der Waals surface area (Å²) in [6.07, 6.45) is 3.01. The molecule has 0 bridgehead atoms. The summed E-state index contributed by atoms with van der Waals surface area (Å²) in [6.45, 7) is 0.709. The molecule has 4 rings (SSSR count). The van der Waals surface area contributed by atoms with Gasteiger partial charge >= 0.3 is 5.97 Å². The lowest BCUT2D eigenvalue weighted by molar-refractivity contribution is -0.142. The molecule has 1 aliphatic rings. The molecule has 2 heterocycles. The van der Waals surface area contributed by atoms with Gasteiger partial charge in [-0.15, -0.1) is 0 Å². The maximum absolute atomic E-state index is 13.7. The number of H-pyrrole nitrogens is 1. The molecule has 8 N–H and O–H groups in total. The van der Waals surface area contributed by atoms with E-state index < -0.39 is 47.9 Å². The van der Waals surface area contributed by atoms with Crippen LogP contribution in [-0.2, 0) is 36.8 Å². The van der Waals surface area contributed by atoms with Crippen molar-refractivity contribution >= 4 is 40.5 Å². The van der Waals surface area contributed by atoms with E-state index in [2.05, 4.69) is 26.3 Å². The minimum absolute atomic E-state index is 0.0416. The van der Waals surface area contributed by atoms with Gasteiger partial charge in [-0.25, -0.2) is 4.79 Å². The van der Waals surface area contributed by atoms with Crippen molar-refractivity contribution in [3.8, 4) is 0 Å². The summed E-state index contributed by atoms with van der Waals surface area (Å²) < 4.78 is 0. The standard InChI is InChI=1S/C30H36N6O6/c31-26(37)13-12-23(30(41)42)34-29(40)25(16-19-17-33-21-10-5-4-9-20(19)21)36-28(39)24(15-18-7-2-1-3-8-18)35-27(38)22-11-6-14-32-22/h1-5,7-10,17,22-25,32-33H,6,11-16H2,(H2,31,37)(H,34,40)(H,35,38)(H,36,39)(H,41,42). The fourth-order valence-corrected chi connectivity index (χ4v) is 5.06. The summed E-state index contributed by atoms with van der Waals surface area (Å²) in [7, 11) is 0. The molecule has 0 spiro atoms. The van der Waals surface area contributed by atoms with Crippen LogP contribution in [0.2, 0.25) is 0 Å². The average Bonchev–Trinajstić information content (AvgIpc) is 3.66. The van der Waals surface area contributed by atoms with Gasteiger partial charge < -0.3 is 37.1 Å². The smallest absolute Gasteiger partial charge is 0.326 e. The number of carbonyl (C=O) groups is 5. The SMILES string of the molecule is NC(=O)CCC(NC(=O)C(Cc1c[nH]c2ccccc12)NC(=O)C(Cc1ccccc1)NC(=O)C1CCCN1)C(=O)O. The summed E-state index contributed by atoms with van der Waals surface area (Å²) in [6, 6.07) is 12.7. The number of carbonyl (C=O) groups excluding carboxylic acids is 4. The molecule has 1 saturated heterocycles. The number of hydrogen-bond donors (Lipinski definition) is 7. The number of nitrogens with one attached hydrogen (secondary N) is 5. The van der Waals surface area contributed by atoms with Gasteiger partial charge in [-0.2, -0.15) is 0 Å². The van der Waals surface area contributed by atoms with E-state index in [-0.39, 0.29) is 31.6 Å². The van der Waals surface area contributed by atoms with E-state index in [0.717, 1.165) is 28.5 Å². The highest BCUT2D eigenvalue weighted by molar-refractivity contribution is 5.95. The molecule has 222 valence electrons. The maximum atomic E-state index is 13.7. The molecule has 4 unspecified atom stereocenters. The van der Waals surface area contributed by atoms with Gasteiger partial charge in [0.2, 0.25) is 23.6 Å². The normalized spacial score (nSPS) is 16.7. The summed E-state index contributed by atoms with van der Waals surface area (Å²) in [5, 5.41) is 21.6. The van der Waals surface area contributed by atoms with Crippen LogP contribution in [0.4, 0.5) is 0 Å². The zero-order valence-electron chi connectivity index (χ0n) is 23.1. The second-order valence-corrected chi connectivity index (χ2v) is 10.4. The van der Waals surface area contributed by atoms with Gasteiger partial charge in [-0.3, -0.25) is 19.2 Å². The van der Waals surface area contributed by atoms with E-state index in [1.54, 1.807) is 6.20 Å². The number of aromatic amines is 1. The zero-order chi connectivity index (χ0) is 30.1. The Kier molecular flexibility index (Phi) is 10.3. The third-order valence-electron chi connectivity index (χ3n) is 7.32. The predicted octanol–water partition coefficient (Wildman–Crippen LogP) is 0.510. The average molecular weight is 577 g/mol. The van der Waals surface area contributed by atoms with Crippen LogP contribution >= 0.6 is 0 Å². The van der Waals surface area contributed by atoms with Crippen LogP contribution in [0.3, 0.4) is 0 Å². The third-order valence-corrected chi connectivity index (χ3v) is 7.32. The molecule has 0 saturated carbocycles. The highest BCUT2D eigenvalue weighted by Crippen LogP contribution is 2.19. The van der Waals surface area contributed by atoms with Gasteiger partial charge in [0, 0.05) is 36.4 Å². The lowest BCUT2D eigenvalue weighted by atomic mass is 10.0. The summed E-state index contributed by atoms with van der Waals surface area (Å²) in [5.41, 5.74) is 7.56.